The van der Waals surface area contributed by atoms with Crippen LogP contribution in [0.25, 0.3) is 11.0 Å². The normalized spacial score (nSPS) is 10.4. The highest BCUT2D eigenvalue weighted by atomic mass is 27.0. The maximum Gasteiger partial charge on any atom is 0.317 e. The summed E-state index contributed by atoms with van der Waals surface area (Å²) >= 11 is 0.996. The van der Waals surface area contributed by atoms with Crippen molar-refractivity contribution in [3.63, 3.8) is 0 Å². The van der Waals surface area contributed by atoms with Crippen molar-refractivity contribution in [3.05, 3.63) is 24.3 Å². The van der Waals surface area contributed by atoms with Crippen LogP contribution in [0, 0.1) is 0 Å². The fraction of sp³-hybridized carbons (Fsp3) is 0. The second kappa shape index (κ2) is 2.12. The molecule has 2 nitrogen and oxygen atoms in total. The van der Waals surface area contributed by atoms with Crippen LogP contribution in [0.4, 0.5) is 0 Å². The molecule has 0 unspecified atom stereocenters. The number of aromatic amines is 1. The lowest BCUT2D eigenvalue weighted by molar-refractivity contribution is 1.44. The van der Waals surface area contributed by atoms with E-state index in [4.69, 9.17) is 0 Å². The number of imidazole rings is 1. The Morgan fingerprint density at radius 2 is 2.10 bits per heavy atom. The number of hydrogen-bond donors (Lipinski definition) is 1. The van der Waals surface area contributed by atoms with E-state index in [1.54, 1.807) is 0 Å². The van der Waals surface area contributed by atoms with Gasteiger partial charge in [0.25, 0.3) is 0 Å². The van der Waals surface area contributed by atoms with Crippen LogP contribution in [0.1, 0.15) is 0 Å². The number of nitrogens with zero attached hydrogens (tertiary/aromatic N) is 1. The molecule has 2 aromatic rings. The summed E-state index contributed by atoms with van der Waals surface area (Å²) in [4.78, 5) is 7.53. The van der Waals surface area contributed by atoms with Gasteiger partial charge in [-0.1, -0.05) is 12.1 Å². The van der Waals surface area contributed by atoms with Crippen LogP contribution in [0.5, 0.6) is 0 Å². The zero-order chi connectivity index (χ0) is 6.97. The average molecular weight is 146 g/mol. The Labute approximate surface area is 66.7 Å². The molecule has 0 amide bonds. The van der Waals surface area contributed by atoms with Crippen molar-refractivity contribution >= 4 is 32.0 Å². The van der Waals surface area contributed by atoms with Gasteiger partial charge in [-0.25, -0.2) is 0 Å². The van der Waals surface area contributed by atoms with E-state index in [1.807, 2.05) is 24.3 Å². The maximum absolute atomic E-state index is 4.32. The molecule has 1 heterocycles. The first-order valence-electron chi connectivity index (χ1n) is 3.27. The molecule has 0 aliphatic carbocycles. The standard InChI is InChI=1S/C7H5N2.Al.2H/c1-2-4-7-6(3-1)8-5-9-7;;;/h1-4H,(H,8,9);;;. The van der Waals surface area contributed by atoms with Gasteiger partial charge < -0.3 is 4.98 Å². The lowest BCUT2D eigenvalue weighted by Crippen LogP contribution is -2.04. The van der Waals surface area contributed by atoms with Gasteiger partial charge in [0.05, 0.1) is 11.0 Å². The van der Waals surface area contributed by atoms with Gasteiger partial charge in [0.2, 0.25) is 0 Å². The summed E-state index contributed by atoms with van der Waals surface area (Å²) < 4.78 is 1.11. The quantitative estimate of drug-likeness (QED) is 0.513. The van der Waals surface area contributed by atoms with Crippen LogP contribution >= 0.6 is 0 Å². The minimum atomic E-state index is 0.996. The number of nitrogens with one attached hydrogen (secondary N) is 1. The predicted octanol–water partition coefficient (Wildman–Crippen LogP) is -0.179. The smallest absolute Gasteiger partial charge is 0.317 e. The molecule has 2 rings (SSSR count). The first-order chi connectivity index (χ1) is 4.86. The molecule has 3 heteroatoms. The van der Waals surface area contributed by atoms with Crippen LogP contribution in [0.15, 0.2) is 24.3 Å². The van der Waals surface area contributed by atoms with Crippen molar-refractivity contribution in [1.82, 2.24) is 9.97 Å². The van der Waals surface area contributed by atoms with E-state index in [-0.39, 0.29) is 0 Å². The van der Waals surface area contributed by atoms with Crippen molar-refractivity contribution in [2.45, 2.75) is 0 Å². The molecular weight excluding hydrogens is 139 g/mol. The Kier molecular flexibility index (Phi) is 1.27. The van der Waals surface area contributed by atoms with E-state index in [0.717, 1.165) is 32.0 Å². The summed E-state index contributed by atoms with van der Waals surface area (Å²) in [6.45, 7) is 0. The van der Waals surface area contributed by atoms with Crippen molar-refractivity contribution in [3.8, 4) is 0 Å². The molecule has 0 saturated heterocycles. The van der Waals surface area contributed by atoms with Gasteiger partial charge in [0, 0.05) is 4.69 Å². The van der Waals surface area contributed by atoms with Gasteiger partial charge in [-0.3, -0.25) is 4.98 Å². The van der Waals surface area contributed by atoms with E-state index < -0.39 is 0 Å². The zero-order valence-corrected chi connectivity index (χ0v) is 7.76. The molecule has 0 atom stereocenters. The topological polar surface area (TPSA) is 28.7 Å². The molecule has 0 aliphatic heterocycles. The second-order valence-electron chi connectivity index (χ2n) is 2.34. The molecule has 0 fully saturated rings. The molecule has 1 aromatic carbocycles. The van der Waals surface area contributed by atoms with Crippen molar-refractivity contribution < 1.29 is 0 Å². The second-order valence-corrected chi connectivity index (χ2v) is 3.29. The molecule has 48 valence electrons. The largest absolute Gasteiger partial charge is 0.358 e. The van der Waals surface area contributed by atoms with Crippen LogP contribution in [-0.2, 0) is 0 Å². The third kappa shape index (κ3) is 0.842. The average Bonchev–Trinajstić information content (AvgIpc) is 2.27. The summed E-state index contributed by atoms with van der Waals surface area (Å²) in [6.07, 6.45) is 0. The zero-order valence-electron chi connectivity index (χ0n) is 5.76. The fourth-order valence-electron chi connectivity index (χ4n) is 1.08. The minimum Gasteiger partial charge on any atom is -0.358 e. The Morgan fingerprint density at radius 1 is 1.30 bits per heavy atom. The van der Waals surface area contributed by atoms with Crippen LogP contribution in [0.2, 0.25) is 0 Å². The molecule has 0 radical (unpaired) electrons. The predicted molar refractivity (Wildman–Crippen MR) is 44.3 cm³/mol. The Hall–Kier alpha value is -0.778. The number of fused-ring (bicyclic) bond motifs is 1. The van der Waals surface area contributed by atoms with Crippen molar-refractivity contribution in [2.75, 3.05) is 0 Å². The molecule has 1 aromatic heterocycles. The molecule has 10 heavy (non-hydrogen) atoms. The van der Waals surface area contributed by atoms with E-state index in [2.05, 4.69) is 9.97 Å². The Balaban J connectivity index is 2.88. The maximum atomic E-state index is 4.32. The van der Waals surface area contributed by atoms with Gasteiger partial charge in [-0.15, -0.1) is 0 Å². The molecule has 0 spiro atoms. The number of hydrogen-bond acceptors (Lipinski definition) is 1. The van der Waals surface area contributed by atoms with Crippen LogP contribution < -0.4 is 4.69 Å². The first kappa shape index (κ1) is 5.97. The molecule has 1 N–H and O–H groups in total. The van der Waals surface area contributed by atoms with Crippen molar-refractivity contribution in [1.29, 1.82) is 0 Å². The minimum absolute atomic E-state index is 0.996. The van der Waals surface area contributed by atoms with Crippen LogP contribution in [0.3, 0.4) is 0 Å². The molecule has 0 aliphatic rings. The van der Waals surface area contributed by atoms with Gasteiger partial charge in [-0.05, 0) is 12.1 Å². The Morgan fingerprint density at radius 3 is 2.90 bits per heavy atom. The summed E-state index contributed by atoms with van der Waals surface area (Å²) in [6, 6.07) is 8.09. The highest BCUT2D eigenvalue weighted by molar-refractivity contribution is 6.30. The van der Waals surface area contributed by atoms with E-state index >= 15 is 0 Å². The third-order valence-corrected chi connectivity index (χ3v) is 1.98. The number of rotatable bonds is 0. The summed E-state index contributed by atoms with van der Waals surface area (Å²) in [5.74, 6) is 0. The number of benzene rings is 1. The fourth-order valence-corrected chi connectivity index (χ4v) is 1.59. The summed E-state index contributed by atoms with van der Waals surface area (Å²) in [5, 5.41) is 0. The SMILES string of the molecule is [AlH2][c]1nc2ccccc2[nH]1. The first-order valence-corrected chi connectivity index (χ1v) is 4.27. The molecular formula is C7H7AlN2. The monoisotopic (exact) mass is 146 g/mol. The Bertz CT molecular complexity index is 320. The van der Waals surface area contributed by atoms with Crippen LogP contribution in [-0.4, -0.2) is 26.3 Å². The lowest BCUT2D eigenvalue weighted by Gasteiger charge is -1.81. The van der Waals surface area contributed by atoms with E-state index in [0.29, 0.717) is 0 Å². The van der Waals surface area contributed by atoms with Gasteiger partial charge in [-0.2, -0.15) is 0 Å². The van der Waals surface area contributed by atoms with Crippen molar-refractivity contribution in [2.24, 2.45) is 0 Å². The van der Waals surface area contributed by atoms with E-state index in [9.17, 15) is 0 Å². The number of aromatic nitrogens is 2. The molecule has 0 saturated carbocycles. The van der Waals surface area contributed by atoms with Gasteiger partial charge in [0.1, 0.15) is 0 Å². The third-order valence-electron chi connectivity index (χ3n) is 1.51. The van der Waals surface area contributed by atoms with Gasteiger partial charge in [0.15, 0.2) is 0 Å². The number of H-pyrrole nitrogens is 1. The summed E-state index contributed by atoms with van der Waals surface area (Å²) in [7, 11) is 0. The lowest BCUT2D eigenvalue weighted by atomic mass is 10.3. The van der Waals surface area contributed by atoms with Gasteiger partial charge >= 0.3 is 16.3 Å². The molecule has 0 bridgehead atoms. The van der Waals surface area contributed by atoms with E-state index in [1.165, 1.54) is 0 Å². The highest BCUT2D eigenvalue weighted by Crippen LogP contribution is 2.04. The number of para-hydroxylation sites is 2. The summed E-state index contributed by atoms with van der Waals surface area (Å²) in [5.41, 5.74) is 2.22. The highest BCUT2D eigenvalue weighted by Gasteiger charge is 1.93.